The molecule has 138 valence electrons. The zero-order valence-electron chi connectivity index (χ0n) is 15.6. The van der Waals surface area contributed by atoms with Crippen molar-refractivity contribution in [3.8, 4) is 17.2 Å². The van der Waals surface area contributed by atoms with Crippen molar-refractivity contribution in [3.05, 3.63) is 59.7 Å². The van der Waals surface area contributed by atoms with Gasteiger partial charge < -0.3 is 18.9 Å². The Labute approximate surface area is 154 Å². The third-order valence-electron chi connectivity index (χ3n) is 3.77. The molecule has 0 saturated carbocycles. The maximum atomic E-state index is 11.7. The van der Waals surface area contributed by atoms with Gasteiger partial charge in [-0.25, -0.2) is 4.79 Å². The van der Waals surface area contributed by atoms with Crippen molar-refractivity contribution >= 4 is 11.5 Å². The van der Waals surface area contributed by atoms with Gasteiger partial charge in [-0.15, -0.1) is 0 Å². The molecule has 0 saturated heterocycles. The number of hydrogen-bond donors (Lipinski definition) is 0. The molecule has 0 aliphatic heterocycles. The molecule has 26 heavy (non-hydrogen) atoms. The number of esters is 1. The van der Waals surface area contributed by atoms with Gasteiger partial charge in [-0.3, -0.25) is 0 Å². The summed E-state index contributed by atoms with van der Waals surface area (Å²) in [5.74, 6) is 1.17. The lowest BCUT2D eigenvalue weighted by Crippen LogP contribution is -2.03. The fraction of sp³-hybridized carbons (Fsp3) is 0.286. The third-order valence-corrected chi connectivity index (χ3v) is 3.77. The highest BCUT2D eigenvalue weighted by molar-refractivity contribution is 5.92. The van der Waals surface area contributed by atoms with E-state index in [9.17, 15) is 4.79 Å². The SMILES string of the molecule is CCOC(=O)/C=C(\C)c1ccc(OC)c(OCc2ccccc2)c1OC. The molecule has 5 nitrogen and oxygen atoms in total. The Hall–Kier alpha value is -2.95. The van der Waals surface area contributed by atoms with Crippen molar-refractivity contribution < 1.29 is 23.7 Å². The number of ether oxygens (including phenoxy) is 4. The average molecular weight is 356 g/mol. The van der Waals surface area contributed by atoms with E-state index in [-0.39, 0.29) is 0 Å². The van der Waals surface area contributed by atoms with Gasteiger partial charge >= 0.3 is 5.97 Å². The summed E-state index contributed by atoms with van der Waals surface area (Å²) in [6.45, 7) is 4.29. The summed E-state index contributed by atoms with van der Waals surface area (Å²) in [5, 5.41) is 0. The van der Waals surface area contributed by atoms with Gasteiger partial charge in [0, 0.05) is 11.6 Å². The highest BCUT2D eigenvalue weighted by Crippen LogP contribution is 2.42. The van der Waals surface area contributed by atoms with Crippen LogP contribution in [0.1, 0.15) is 25.0 Å². The number of rotatable bonds is 8. The predicted molar refractivity (Wildman–Crippen MR) is 101 cm³/mol. The first-order chi connectivity index (χ1) is 12.6. The van der Waals surface area contributed by atoms with Crippen molar-refractivity contribution in [3.63, 3.8) is 0 Å². The molecule has 0 spiro atoms. The number of allylic oxidation sites excluding steroid dienone is 1. The molecular weight excluding hydrogens is 332 g/mol. The van der Waals surface area contributed by atoms with E-state index in [0.29, 0.717) is 36.0 Å². The first-order valence-corrected chi connectivity index (χ1v) is 8.37. The molecule has 0 N–H and O–H groups in total. The average Bonchev–Trinajstić information content (AvgIpc) is 2.66. The third kappa shape index (κ3) is 4.79. The van der Waals surface area contributed by atoms with E-state index in [0.717, 1.165) is 11.1 Å². The van der Waals surface area contributed by atoms with E-state index in [1.165, 1.54) is 6.08 Å². The first kappa shape index (κ1) is 19.4. The molecular formula is C21H24O5. The molecule has 0 bridgehead atoms. The predicted octanol–water partition coefficient (Wildman–Crippen LogP) is 4.25. The quantitative estimate of drug-likeness (QED) is 0.523. The normalized spacial score (nSPS) is 11.0. The zero-order valence-corrected chi connectivity index (χ0v) is 15.6. The molecule has 0 aliphatic carbocycles. The minimum absolute atomic E-state index is 0.327. The lowest BCUT2D eigenvalue weighted by molar-refractivity contribution is -0.137. The molecule has 0 radical (unpaired) electrons. The summed E-state index contributed by atoms with van der Waals surface area (Å²) < 4.78 is 21.9. The summed E-state index contributed by atoms with van der Waals surface area (Å²) >= 11 is 0. The van der Waals surface area contributed by atoms with Crippen LogP contribution in [0.2, 0.25) is 0 Å². The number of carbonyl (C=O) groups excluding carboxylic acids is 1. The highest BCUT2D eigenvalue weighted by atomic mass is 16.5. The summed E-state index contributed by atoms with van der Waals surface area (Å²) in [5.41, 5.74) is 2.48. The zero-order chi connectivity index (χ0) is 18.9. The van der Waals surface area contributed by atoms with E-state index in [2.05, 4.69) is 0 Å². The van der Waals surface area contributed by atoms with Gasteiger partial charge in [0.25, 0.3) is 0 Å². The van der Waals surface area contributed by atoms with Gasteiger partial charge in [-0.05, 0) is 37.1 Å². The van der Waals surface area contributed by atoms with Crippen LogP contribution in [-0.4, -0.2) is 26.8 Å². The molecule has 2 aromatic rings. The summed E-state index contributed by atoms with van der Waals surface area (Å²) in [6.07, 6.45) is 1.44. The Balaban J connectivity index is 2.37. The van der Waals surface area contributed by atoms with Crippen LogP contribution in [-0.2, 0) is 16.1 Å². The second-order valence-corrected chi connectivity index (χ2v) is 5.53. The Kier molecular flexibility index (Phi) is 7.09. The monoisotopic (exact) mass is 356 g/mol. The second kappa shape index (κ2) is 9.51. The van der Waals surface area contributed by atoms with Crippen LogP contribution in [0.3, 0.4) is 0 Å². The lowest BCUT2D eigenvalue weighted by Gasteiger charge is -2.18. The van der Waals surface area contributed by atoms with E-state index >= 15 is 0 Å². The standard InChI is InChI=1S/C21H24O5/c1-5-25-19(22)13-15(2)17-11-12-18(23-3)21(20(17)24-4)26-14-16-9-7-6-8-10-16/h6-13H,5,14H2,1-4H3/b15-13+. The molecule has 0 atom stereocenters. The van der Waals surface area contributed by atoms with Crippen LogP contribution in [0.4, 0.5) is 0 Å². The van der Waals surface area contributed by atoms with Crippen LogP contribution >= 0.6 is 0 Å². The van der Waals surface area contributed by atoms with Crippen molar-refractivity contribution in [1.82, 2.24) is 0 Å². The summed E-state index contributed by atoms with van der Waals surface area (Å²) in [4.78, 5) is 11.7. The van der Waals surface area contributed by atoms with Crippen LogP contribution in [0, 0.1) is 0 Å². The van der Waals surface area contributed by atoms with E-state index < -0.39 is 5.97 Å². The maximum absolute atomic E-state index is 11.7. The molecule has 0 fully saturated rings. The molecule has 2 rings (SSSR count). The van der Waals surface area contributed by atoms with Crippen LogP contribution in [0.25, 0.3) is 5.57 Å². The minimum Gasteiger partial charge on any atom is -0.493 e. The maximum Gasteiger partial charge on any atom is 0.331 e. The number of methoxy groups -OCH3 is 2. The van der Waals surface area contributed by atoms with Crippen molar-refractivity contribution in [2.75, 3.05) is 20.8 Å². The lowest BCUT2D eigenvalue weighted by atomic mass is 10.0. The van der Waals surface area contributed by atoms with E-state index in [4.69, 9.17) is 18.9 Å². The van der Waals surface area contributed by atoms with E-state index in [1.807, 2.05) is 43.3 Å². The highest BCUT2D eigenvalue weighted by Gasteiger charge is 2.18. The number of benzene rings is 2. The molecule has 0 heterocycles. The molecule has 0 aliphatic rings. The van der Waals surface area contributed by atoms with Gasteiger partial charge in [0.1, 0.15) is 6.61 Å². The minimum atomic E-state index is -0.394. The van der Waals surface area contributed by atoms with Crippen LogP contribution in [0.5, 0.6) is 17.2 Å². The topological polar surface area (TPSA) is 54.0 Å². The molecule has 0 aromatic heterocycles. The fourth-order valence-corrected chi connectivity index (χ4v) is 2.52. The van der Waals surface area contributed by atoms with Crippen molar-refractivity contribution in [2.45, 2.75) is 20.5 Å². The first-order valence-electron chi connectivity index (χ1n) is 8.37. The number of hydrogen-bond acceptors (Lipinski definition) is 5. The van der Waals surface area contributed by atoms with Gasteiger partial charge in [0.15, 0.2) is 11.5 Å². The Morgan fingerprint density at radius 1 is 1.00 bits per heavy atom. The van der Waals surface area contributed by atoms with Gasteiger partial charge in [-0.1, -0.05) is 30.3 Å². The van der Waals surface area contributed by atoms with E-state index in [1.54, 1.807) is 27.2 Å². The van der Waals surface area contributed by atoms with Gasteiger partial charge in [0.2, 0.25) is 5.75 Å². The summed E-state index contributed by atoms with van der Waals surface area (Å²) in [7, 11) is 3.14. The van der Waals surface area contributed by atoms with Gasteiger partial charge in [0.05, 0.1) is 20.8 Å². The molecule has 0 amide bonds. The van der Waals surface area contributed by atoms with Crippen molar-refractivity contribution in [1.29, 1.82) is 0 Å². The largest absolute Gasteiger partial charge is 0.493 e. The van der Waals surface area contributed by atoms with Crippen LogP contribution in [0.15, 0.2) is 48.5 Å². The Morgan fingerprint density at radius 2 is 1.73 bits per heavy atom. The fourth-order valence-electron chi connectivity index (χ4n) is 2.52. The molecule has 5 heteroatoms. The Bertz CT molecular complexity index is 765. The smallest absolute Gasteiger partial charge is 0.331 e. The number of carbonyl (C=O) groups is 1. The molecule has 0 unspecified atom stereocenters. The van der Waals surface area contributed by atoms with Crippen molar-refractivity contribution in [2.24, 2.45) is 0 Å². The molecule has 2 aromatic carbocycles. The summed E-state index contributed by atoms with van der Waals surface area (Å²) in [6, 6.07) is 13.4. The Morgan fingerprint density at radius 3 is 2.35 bits per heavy atom. The van der Waals surface area contributed by atoms with Gasteiger partial charge in [-0.2, -0.15) is 0 Å². The van der Waals surface area contributed by atoms with Crippen LogP contribution < -0.4 is 14.2 Å². The second-order valence-electron chi connectivity index (χ2n) is 5.53.